The first kappa shape index (κ1) is 14.9. The number of hydrogen-bond acceptors (Lipinski definition) is 7. The molecule has 1 aromatic carbocycles. The summed E-state index contributed by atoms with van der Waals surface area (Å²) in [4.78, 5) is 11.9. The summed E-state index contributed by atoms with van der Waals surface area (Å²) in [7, 11) is 3.02. The molecule has 3 N–H and O–H groups in total. The average molecular weight is 292 g/mol. The van der Waals surface area contributed by atoms with E-state index in [4.69, 9.17) is 15.2 Å². The first-order valence-corrected chi connectivity index (χ1v) is 6.12. The molecule has 1 unspecified atom stereocenters. The van der Waals surface area contributed by atoms with Crippen molar-refractivity contribution in [3.05, 3.63) is 24.5 Å². The maximum Gasteiger partial charge on any atom is 0.243 e. The molecule has 0 saturated heterocycles. The molecule has 0 spiro atoms. The van der Waals surface area contributed by atoms with E-state index in [1.54, 1.807) is 18.2 Å². The Labute approximate surface area is 121 Å². The first-order valence-electron chi connectivity index (χ1n) is 6.12. The Bertz CT molecular complexity index is 601. The zero-order valence-electron chi connectivity index (χ0n) is 11.7. The third kappa shape index (κ3) is 3.52. The van der Waals surface area contributed by atoms with Gasteiger partial charge in [-0.1, -0.05) is 0 Å². The molecule has 1 heterocycles. The number of nitrogens with zero attached hydrogens (tertiary/aromatic N) is 4. The lowest BCUT2D eigenvalue weighted by Gasteiger charge is -2.13. The van der Waals surface area contributed by atoms with E-state index < -0.39 is 6.04 Å². The maximum atomic E-state index is 11.9. The standard InChI is InChI=1S/C12H16N6O3/c1-20-6-9(13)12(19)15-8-3-4-11(21-2)10(5-8)18-7-14-16-17-18/h3-5,7,9H,6,13H2,1-2H3,(H,15,19). The number of ether oxygens (including phenoxy) is 2. The summed E-state index contributed by atoms with van der Waals surface area (Å²) in [5.74, 6) is 0.228. The Morgan fingerprint density at radius 1 is 1.48 bits per heavy atom. The molecule has 2 aromatic rings. The molecular formula is C12H16N6O3. The van der Waals surface area contributed by atoms with Crippen LogP contribution in [0, 0.1) is 0 Å². The van der Waals surface area contributed by atoms with Crippen LogP contribution in [0.3, 0.4) is 0 Å². The van der Waals surface area contributed by atoms with Crippen LogP contribution >= 0.6 is 0 Å². The zero-order valence-corrected chi connectivity index (χ0v) is 11.7. The highest BCUT2D eigenvalue weighted by atomic mass is 16.5. The third-order valence-corrected chi connectivity index (χ3v) is 2.73. The Morgan fingerprint density at radius 3 is 2.90 bits per heavy atom. The quantitative estimate of drug-likeness (QED) is 0.742. The maximum absolute atomic E-state index is 11.9. The van der Waals surface area contributed by atoms with Crippen molar-refractivity contribution in [3.63, 3.8) is 0 Å². The number of aromatic nitrogens is 4. The number of benzene rings is 1. The number of amides is 1. The zero-order chi connectivity index (χ0) is 15.2. The molecule has 0 saturated carbocycles. The lowest BCUT2D eigenvalue weighted by Crippen LogP contribution is -2.39. The van der Waals surface area contributed by atoms with Crippen molar-refractivity contribution < 1.29 is 14.3 Å². The molecule has 0 aliphatic heterocycles. The molecule has 1 aromatic heterocycles. The van der Waals surface area contributed by atoms with E-state index in [-0.39, 0.29) is 12.5 Å². The third-order valence-electron chi connectivity index (χ3n) is 2.73. The van der Waals surface area contributed by atoms with Crippen LogP contribution in [0.25, 0.3) is 5.69 Å². The lowest BCUT2D eigenvalue weighted by molar-refractivity contribution is -0.118. The number of nitrogens with one attached hydrogen (secondary N) is 1. The molecule has 21 heavy (non-hydrogen) atoms. The number of methoxy groups -OCH3 is 2. The van der Waals surface area contributed by atoms with Crippen molar-refractivity contribution in [3.8, 4) is 11.4 Å². The number of tetrazole rings is 1. The van der Waals surface area contributed by atoms with Gasteiger partial charge in [0.1, 0.15) is 23.8 Å². The van der Waals surface area contributed by atoms with Crippen LogP contribution in [0.2, 0.25) is 0 Å². The van der Waals surface area contributed by atoms with Gasteiger partial charge < -0.3 is 20.5 Å². The van der Waals surface area contributed by atoms with Gasteiger partial charge in [-0.05, 0) is 28.6 Å². The Balaban J connectivity index is 2.22. The number of hydrogen-bond donors (Lipinski definition) is 2. The fourth-order valence-corrected chi connectivity index (χ4v) is 1.71. The molecule has 9 nitrogen and oxygen atoms in total. The monoisotopic (exact) mass is 292 g/mol. The lowest BCUT2D eigenvalue weighted by atomic mass is 10.2. The first-order chi connectivity index (χ1) is 10.2. The van der Waals surface area contributed by atoms with Crippen LogP contribution in [0.15, 0.2) is 24.5 Å². The Kier molecular flexibility index (Phi) is 4.80. The van der Waals surface area contributed by atoms with Crippen LogP contribution in [0.5, 0.6) is 5.75 Å². The topological polar surface area (TPSA) is 117 Å². The highest BCUT2D eigenvalue weighted by Gasteiger charge is 2.15. The van der Waals surface area contributed by atoms with E-state index in [0.29, 0.717) is 17.1 Å². The predicted molar refractivity (Wildman–Crippen MR) is 74.2 cm³/mol. The summed E-state index contributed by atoms with van der Waals surface area (Å²) in [5, 5.41) is 13.6. The van der Waals surface area contributed by atoms with E-state index in [2.05, 4.69) is 20.8 Å². The van der Waals surface area contributed by atoms with Gasteiger partial charge in [0.2, 0.25) is 5.91 Å². The van der Waals surface area contributed by atoms with E-state index in [1.807, 2.05) is 0 Å². The van der Waals surface area contributed by atoms with Gasteiger partial charge in [0.05, 0.1) is 13.7 Å². The minimum atomic E-state index is -0.742. The van der Waals surface area contributed by atoms with E-state index in [9.17, 15) is 4.79 Å². The van der Waals surface area contributed by atoms with Crippen LogP contribution in [-0.4, -0.2) is 53.0 Å². The number of rotatable bonds is 6. The second-order valence-corrected chi connectivity index (χ2v) is 4.19. The molecule has 9 heteroatoms. The molecule has 0 aliphatic rings. The number of carbonyl (C=O) groups excluding carboxylic acids is 1. The van der Waals surface area contributed by atoms with E-state index >= 15 is 0 Å². The summed E-state index contributed by atoms with van der Waals surface area (Å²) >= 11 is 0. The Hall–Kier alpha value is -2.52. The number of nitrogens with two attached hydrogens (primary N) is 1. The van der Waals surface area contributed by atoms with Gasteiger partial charge in [0, 0.05) is 12.8 Å². The molecule has 1 atom stereocenters. The van der Waals surface area contributed by atoms with Crippen molar-refractivity contribution in [2.75, 3.05) is 26.1 Å². The molecule has 0 aliphatic carbocycles. The minimum absolute atomic E-state index is 0.141. The van der Waals surface area contributed by atoms with Crippen molar-refractivity contribution >= 4 is 11.6 Å². The fourth-order valence-electron chi connectivity index (χ4n) is 1.71. The molecule has 0 bridgehead atoms. The smallest absolute Gasteiger partial charge is 0.243 e. The van der Waals surface area contributed by atoms with E-state index in [1.165, 1.54) is 25.2 Å². The molecule has 112 valence electrons. The molecule has 1 amide bonds. The van der Waals surface area contributed by atoms with Crippen LogP contribution < -0.4 is 15.8 Å². The van der Waals surface area contributed by atoms with Crippen molar-refractivity contribution in [1.82, 2.24) is 20.2 Å². The summed E-state index contributed by atoms with van der Waals surface area (Å²) in [6.07, 6.45) is 1.43. The molecule has 2 rings (SSSR count). The minimum Gasteiger partial charge on any atom is -0.494 e. The van der Waals surface area contributed by atoms with Gasteiger partial charge in [0.15, 0.2) is 0 Å². The van der Waals surface area contributed by atoms with Gasteiger partial charge in [-0.15, -0.1) is 5.10 Å². The van der Waals surface area contributed by atoms with Gasteiger partial charge in [-0.25, -0.2) is 0 Å². The SMILES string of the molecule is COCC(N)C(=O)Nc1ccc(OC)c(-n2cnnn2)c1. The Morgan fingerprint density at radius 2 is 2.29 bits per heavy atom. The van der Waals surface area contributed by atoms with Crippen LogP contribution in [-0.2, 0) is 9.53 Å². The predicted octanol–water partition coefficient (Wildman–Crippen LogP) is -0.417. The van der Waals surface area contributed by atoms with Gasteiger partial charge in [0.25, 0.3) is 0 Å². The summed E-state index contributed by atoms with van der Waals surface area (Å²) in [6, 6.07) is 4.35. The highest BCUT2D eigenvalue weighted by molar-refractivity contribution is 5.95. The molecule has 0 fully saturated rings. The van der Waals surface area contributed by atoms with Crippen molar-refractivity contribution in [2.45, 2.75) is 6.04 Å². The van der Waals surface area contributed by atoms with E-state index in [0.717, 1.165) is 0 Å². The summed E-state index contributed by atoms with van der Waals surface area (Å²) in [5.41, 5.74) is 6.82. The van der Waals surface area contributed by atoms with Crippen molar-refractivity contribution in [1.29, 1.82) is 0 Å². The number of anilines is 1. The van der Waals surface area contributed by atoms with Gasteiger partial charge in [-0.2, -0.15) is 4.68 Å². The summed E-state index contributed by atoms with van der Waals surface area (Å²) < 4.78 is 11.5. The van der Waals surface area contributed by atoms with Crippen LogP contribution in [0.4, 0.5) is 5.69 Å². The van der Waals surface area contributed by atoms with Gasteiger partial charge in [-0.3, -0.25) is 4.79 Å². The molecular weight excluding hydrogens is 276 g/mol. The fraction of sp³-hybridized carbons (Fsp3) is 0.333. The van der Waals surface area contributed by atoms with Crippen molar-refractivity contribution in [2.24, 2.45) is 5.73 Å². The molecule has 0 radical (unpaired) electrons. The van der Waals surface area contributed by atoms with Gasteiger partial charge >= 0.3 is 0 Å². The normalized spacial score (nSPS) is 12.0. The van der Waals surface area contributed by atoms with Crippen LogP contribution in [0.1, 0.15) is 0 Å². The highest BCUT2D eigenvalue weighted by Crippen LogP contribution is 2.25. The second-order valence-electron chi connectivity index (χ2n) is 4.19. The average Bonchev–Trinajstić information content (AvgIpc) is 3.01. The summed E-state index contributed by atoms with van der Waals surface area (Å²) in [6.45, 7) is 0.141. The second kappa shape index (κ2) is 6.77. The largest absolute Gasteiger partial charge is 0.494 e. The number of carbonyl (C=O) groups is 1.